The SMILES string of the molecule is CCCCCCn1cc(C(=O)Nc2ccc(F)cc2)c(=O)n1-c1ccc(Br)cc1. The molecule has 0 aliphatic heterocycles. The first-order valence-electron chi connectivity index (χ1n) is 9.65. The molecule has 0 atom stereocenters. The van der Waals surface area contributed by atoms with E-state index in [9.17, 15) is 14.0 Å². The van der Waals surface area contributed by atoms with Crippen LogP contribution in [0.2, 0.25) is 0 Å². The van der Waals surface area contributed by atoms with Gasteiger partial charge in [0, 0.05) is 22.9 Å². The number of halogens is 2. The number of hydrogen-bond donors (Lipinski definition) is 1. The molecule has 0 saturated heterocycles. The van der Waals surface area contributed by atoms with Gasteiger partial charge in [-0.05, 0) is 55.0 Å². The fourth-order valence-corrected chi connectivity index (χ4v) is 3.36. The second-order valence-corrected chi connectivity index (χ2v) is 7.74. The van der Waals surface area contributed by atoms with Crippen LogP contribution in [-0.2, 0) is 6.54 Å². The number of aryl methyl sites for hydroxylation is 1. The molecule has 3 rings (SSSR count). The van der Waals surface area contributed by atoms with Crippen molar-refractivity contribution in [1.82, 2.24) is 9.36 Å². The minimum absolute atomic E-state index is 0.0488. The Kier molecular flexibility index (Phi) is 7.04. The van der Waals surface area contributed by atoms with Gasteiger partial charge >= 0.3 is 0 Å². The molecule has 5 nitrogen and oxygen atoms in total. The number of benzene rings is 2. The van der Waals surface area contributed by atoms with Gasteiger partial charge in [-0.3, -0.25) is 14.3 Å². The molecule has 1 N–H and O–H groups in total. The molecule has 0 radical (unpaired) electrons. The van der Waals surface area contributed by atoms with Gasteiger partial charge < -0.3 is 5.32 Å². The van der Waals surface area contributed by atoms with E-state index in [1.807, 2.05) is 24.3 Å². The van der Waals surface area contributed by atoms with Gasteiger partial charge in [-0.2, -0.15) is 0 Å². The van der Waals surface area contributed by atoms with Gasteiger partial charge in [-0.1, -0.05) is 42.1 Å². The number of nitrogens with zero attached hydrogens (tertiary/aromatic N) is 2. The maximum Gasteiger partial charge on any atom is 0.284 e. The van der Waals surface area contributed by atoms with Crippen LogP contribution in [0, 0.1) is 5.82 Å². The van der Waals surface area contributed by atoms with Crippen LogP contribution in [0.3, 0.4) is 0 Å². The molecule has 1 aromatic heterocycles. The Balaban J connectivity index is 1.92. The Bertz CT molecular complexity index is 1020. The summed E-state index contributed by atoms with van der Waals surface area (Å²) in [5.74, 6) is -0.904. The average molecular weight is 460 g/mol. The van der Waals surface area contributed by atoms with Crippen molar-refractivity contribution < 1.29 is 9.18 Å². The highest BCUT2D eigenvalue weighted by Crippen LogP contribution is 2.15. The summed E-state index contributed by atoms with van der Waals surface area (Å²) in [6.07, 6.45) is 5.81. The van der Waals surface area contributed by atoms with Crippen LogP contribution < -0.4 is 10.9 Å². The van der Waals surface area contributed by atoms with Gasteiger partial charge in [0.1, 0.15) is 11.4 Å². The molecule has 0 fully saturated rings. The zero-order chi connectivity index (χ0) is 20.8. The van der Waals surface area contributed by atoms with Crippen molar-refractivity contribution in [1.29, 1.82) is 0 Å². The third-order valence-electron chi connectivity index (χ3n) is 4.62. The van der Waals surface area contributed by atoms with Crippen LogP contribution in [-0.4, -0.2) is 15.3 Å². The Morgan fingerprint density at radius 3 is 2.38 bits per heavy atom. The number of anilines is 1. The summed E-state index contributed by atoms with van der Waals surface area (Å²) in [6.45, 7) is 2.78. The van der Waals surface area contributed by atoms with Crippen molar-refractivity contribution >= 4 is 27.5 Å². The lowest BCUT2D eigenvalue weighted by atomic mass is 10.2. The molecular weight excluding hydrogens is 437 g/mol. The molecule has 152 valence electrons. The van der Waals surface area contributed by atoms with Gasteiger partial charge in [0.25, 0.3) is 11.5 Å². The predicted octanol–water partition coefficient (Wildman–Crippen LogP) is 5.37. The van der Waals surface area contributed by atoms with Crippen LogP contribution in [0.4, 0.5) is 10.1 Å². The Labute approximate surface area is 177 Å². The highest BCUT2D eigenvalue weighted by Gasteiger charge is 2.19. The summed E-state index contributed by atoms with van der Waals surface area (Å²) in [7, 11) is 0. The zero-order valence-corrected chi connectivity index (χ0v) is 17.8. The van der Waals surface area contributed by atoms with E-state index in [0.717, 1.165) is 30.2 Å². The molecule has 29 heavy (non-hydrogen) atoms. The quantitative estimate of drug-likeness (QED) is 0.460. The largest absolute Gasteiger partial charge is 0.322 e. The van der Waals surface area contributed by atoms with E-state index in [2.05, 4.69) is 28.2 Å². The fourth-order valence-electron chi connectivity index (χ4n) is 3.09. The topological polar surface area (TPSA) is 56.0 Å². The van der Waals surface area contributed by atoms with E-state index in [1.54, 1.807) is 10.9 Å². The van der Waals surface area contributed by atoms with E-state index in [1.165, 1.54) is 28.9 Å². The van der Waals surface area contributed by atoms with E-state index in [-0.39, 0.29) is 16.9 Å². The van der Waals surface area contributed by atoms with E-state index < -0.39 is 5.91 Å². The Morgan fingerprint density at radius 2 is 1.72 bits per heavy atom. The number of rotatable bonds is 8. The van der Waals surface area contributed by atoms with Crippen LogP contribution in [0.5, 0.6) is 0 Å². The summed E-state index contributed by atoms with van der Waals surface area (Å²) >= 11 is 3.40. The molecule has 0 unspecified atom stereocenters. The smallest absolute Gasteiger partial charge is 0.284 e. The number of carbonyl (C=O) groups excluding carboxylic acids is 1. The van der Waals surface area contributed by atoms with Crippen molar-refractivity contribution in [2.75, 3.05) is 5.32 Å². The standard InChI is InChI=1S/C22H23BrFN3O2/c1-2-3-4-5-14-26-15-20(21(28)25-18-10-8-17(24)9-11-18)22(29)27(26)19-12-6-16(23)7-13-19/h6-13,15H,2-5,14H2,1H3,(H,25,28). The molecule has 0 aliphatic rings. The van der Waals surface area contributed by atoms with Crippen LogP contribution in [0.1, 0.15) is 43.0 Å². The average Bonchev–Trinajstić information content (AvgIpc) is 3.04. The lowest BCUT2D eigenvalue weighted by Crippen LogP contribution is -2.26. The lowest BCUT2D eigenvalue weighted by molar-refractivity contribution is 0.102. The normalized spacial score (nSPS) is 10.9. The Hall–Kier alpha value is -2.67. The van der Waals surface area contributed by atoms with E-state index in [0.29, 0.717) is 17.9 Å². The molecule has 1 heterocycles. The monoisotopic (exact) mass is 459 g/mol. The first kappa shape index (κ1) is 21.0. The maximum absolute atomic E-state index is 13.1. The second-order valence-electron chi connectivity index (χ2n) is 6.82. The molecule has 1 amide bonds. The van der Waals surface area contributed by atoms with E-state index in [4.69, 9.17) is 0 Å². The number of amides is 1. The molecular formula is C22H23BrFN3O2. The second kappa shape index (κ2) is 9.69. The minimum Gasteiger partial charge on any atom is -0.322 e. The molecule has 0 bridgehead atoms. The van der Waals surface area contributed by atoms with Gasteiger partial charge in [0.2, 0.25) is 0 Å². The third kappa shape index (κ3) is 5.23. The van der Waals surface area contributed by atoms with Crippen molar-refractivity contribution in [2.24, 2.45) is 0 Å². The van der Waals surface area contributed by atoms with E-state index >= 15 is 0 Å². The summed E-state index contributed by atoms with van der Waals surface area (Å²) < 4.78 is 17.3. The molecule has 0 saturated carbocycles. The number of carbonyl (C=O) groups is 1. The van der Waals surface area contributed by atoms with Crippen molar-refractivity contribution in [3.05, 3.63) is 80.9 Å². The number of hydrogen-bond acceptors (Lipinski definition) is 2. The summed E-state index contributed by atoms with van der Waals surface area (Å²) in [5.41, 5.74) is 0.784. The fraction of sp³-hybridized carbons (Fsp3) is 0.273. The molecule has 7 heteroatoms. The van der Waals surface area contributed by atoms with Gasteiger partial charge in [0.05, 0.1) is 5.69 Å². The predicted molar refractivity (Wildman–Crippen MR) is 116 cm³/mol. The lowest BCUT2D eigenvalue weighted by Gasteiger charge is -2.11. The first-order valence-corrected chi connectivity index (χ1v) is 10.4. The highest BCUT2D eigenvalue weighted by atomic mass is 79.9. The number of nitrogens with one attached hydrogen (secondary N) is 1. The highest BCUT2D eigenvalue weighted by molar-refractivity contribution is 9.10. The molecule has 3 aromatic rings. The first-order chi connectivity index (χ1) is 14.0. The maximum atomic E-state index is 13.1. The molecule has 0 aliphatic carbocycles. The Morgan fingerprint density at radius 1 is 1.03 bits per heavy atom. The minimum atomic E-state index is -0.514. The summed E-state index contributed by atoms with van der Waals surface area (Å²) in [5, 5.41) is 2.66. The van der Waals surface area contributed by atoms with Crippen molar-refractivity contribution in [3.63, 3.8) is 0 Å². The van der Waals surface area contributed by atoms with Crippen LogP contribution in [0.15, 0.2) is 64.0 Å². The van der Waals surface area contributed by atoms with Crippen LogP contribution in [0.25, 0.3) is 5.69 Å². The molecule has 2 aromatic carbocycles. The summed E-state index contributed by atoms with van der Waals surface area (Å²) in [6, 6.07) is 12.8. The third-order valence-corrected chi connectivity index (χ3v) is 5.15. The van der Waals surface area contributed by atoms with Gasteiger partial charge in [-0.25, -0.2) is 9.07 Å². The summed E-state index contributed by atoms with van der Waals surface area (Å²) in [4.78, 5) is 25.8. The number of unbranched alkanes of at least 4 members (excludes halogenated alkanes) is 3. The van der Waals surface area contributed by atoms with Gasteiger partial charge in [0.15, 0.2) is 0 Å². The zero-order valence-electron chi connectivity index (χ0n) is 16.2. The van der Waals surface area contributed by atoms with Crippen molar-refractivity contribution in [2.45, 2.75) is 39.2 Å². The molecule has 0 spiro atoms. The number of aromatic nitrogens is 2. The van der Waals surface area contributed by atoms with Crippen LogP contribution >= 0.6 is 15.9 Å². The van der Waals surface area contributed by atoms with Crippen molar-refractivity contribution in [3.8, 4) is 5.69 Å². The van der Waals surface area contributed by atoms with Gasteiger partial charge in [-0.15, -0.1) is 0 Å².